The monoisotopic (exact) mass is 401 g/mol. The third-order valence-electron chi connectivity index (χ3n) is 4.70. The third kappa shape index (κ3) is 4.23. The molecule has 152 valence electrons. The number of fused-ring (bicyclic) bond motifs is 1. The molecule has 0 radical (unpaired) electrons. The highest BCUT2D eigenvalue weighted by Gasteiger charge is 2.32. The molecule has 2 aromatic carbocycles. The lowest BCUT2D eigenvalue weighted by Gasteiger charge is -2.17. The fourth-order valence-electron chi connectivity index (χ4n) is 3.30. The van der Waals surface area contributed by atoms with Crippen LogP contribution < -0.4 is 16.0 Å². The molecule has 2 heterocycles. The van der Waals surface area contributed by atoms with E-state index in [9.17, 15) is 13.6 Å². The molecule has 0 aliphatic carbocycles. The number of carbonyl (C=O) groups is 1. The van der Waals surface area contributed by atoms with Gasteiger partial charge < -0.3 is 25.4 Å². The van der Waals surface area contributed by atoms with Crippen molar-refractivity contribution in [1.82, 2.24) is 0 Å². The average molecular weight is 401 g/mol. The van der Waals surface area contributed by atoms with Gasteiger partial charge in [-0.05, 0) is 50.2 Å². The van der Waals surface area contributed by atoms with Gasteiger partial charge >= 0.3 is 0 Å². The zero-order chi connectivity index (χ0) is 20.6. The normalized spacial score (nSPS) is 21.2. The first kappa shape index (κ1) is 19.4. The molecule has 1 atom stereocenters. The molecule has 8 heteroatoms. The molecule has 1 amide bonds. The molecule has 3 N–H and O–H groups in total. The highest BCUT2D eigenvalue weighted by atomic mass is 19.1. The van der Waals surface area contributed by atoms with Gasteiger partial charge in [0, 0.05) is 24.0 Å². The second kappa shape index (κ2) is 7.46. The molecule has 1 unspecified atom stereocenters. The maximum atomic E-state index is 14.4. The van der Waals surface area contributed by atoms with Crippen molar-refractivity contribution >= 4 is 28.5 Å². The highest BCUT2D eigenvalue weighted by molar-refractivity contribution is 6.31. The zero-order valence-corrected chi connectivity index (χ0v) is 16.0. The molecule has 29 heavy (non-hydrogen) atoms. The van der Waals surface area contributed by atoms with Crippen LogP contribution in [-0.2, 0) is 14.3 Å². The number of hydrogen-bond acceptors (Lipinski definition) is 5. The Morgan fingerprint density at radius 3 is 2.79 bits per heavy atom. The Balaban J connectivity index is 1.41. The predicted molar refractivity (Wildman–Crippen MR) is 106 cm³/mol. The van der Waals surface area contributed by atoms with Crippen molar-refractivity contribution in [2.45, 2.75) is 25.7 Å². The van der Waals surface area contributed by atoms with Crippen molar-refractivity contribution in [3.63, 3.8) is 0 Å². The molecular weight excluding hydrogens is 380 g/mol. The van der Waals surface area contributed by atoms with Gasteiger partial charge in [0.05, 0.1) is 23.6 Å². The molecule has 2 aromatic rings. The second-order valence-electron chi connectivity index (χ2n) is 7.37. The van der Waals surface area contributed by atoms with Gasteiger partial charge in [-0.15, -0.1) is 0 Å². The highest BCUT2D eigenvalue weighted by Crippen LogP contribution is 2.32. The molecule has 0 spiro atoms. The van der Waals surface area contributed by atoms with E-state index >= 15 is 0 Å². The van der Waals surface area contributed by atoms with Crippen LogP contribution in [0, 0.1) is 11.6 Å². The number of amides is 1. The van der Waals surface area contributed by atoms with Crippen LogP contribution >= 0.6 is 0 Å². The number of carbonyl (C=O) groups excluding carboxylic acids is 1. The lowest BCUT2D eigenvalue weighted by Crippen LogP contribution is -2.26. The van der Waals surface area contributed by atoms with Crippen molar-refractivity contribution in [3.05, 3.63) is 59.8 Å². The summed E-state index contributed by atoms with van der Waals surface area (Å²) < 4.78 is 38.9. The van der Waals surface area contributed by atoms with Gasteiger partial charge in [0.25, 0.3) is 5.91 Å². The molecule has 4 rings (SSSR count). The third-order valence-corrected chi connectivity index (χ3v) is 4.70. The number of ether oxygens (including phenoxy) is 2. The number of anilines is 3. The average Bonchev–Trinajstić information content (AvgIpc) is 3.16. The Labute approximate surface area is 166 Å². The van der Waals surface area contributed by atoms with Crippen molar-refractivity contribution in [2.75, 3.05) is 29.1 Å². The van der Waals surface area contributed by atoms with E-state index in [1.807, 2.05) is 13.8 Å². The number of nitrogens with one attached hydrogen (secondary N) is 3. The van der Waals surface area contributed by atoms with Gasteiger partial charge in [0.1, 0.15) is 17.7 Å². The summed E-state index contributed by atoms with van der Waals surface area (Å²) in [5.41, 5.74) is 2.17. The Morgan fingerprint density at radius 2 is 2.07 bits per heavy atom. The molecule has 1 fully saturated rings. The summed E-state index contributed by atoms with van der Waals surface area (Å²) in [4.78, 5) is 12.1. The van der Waals surface area contributed by atoms with Gasteiger partial charge in [-0.3, -0.25) is 4.79 Å². The largest absolute Gasteiger partial charge is 0.380 e. The fourth-order valence-corrected chi connectivity index (χ4v) is 3.30. The Morgan fingerprint density at radius 1 is 1.24 bits per heavy atom. The summed E-state index contributed by atoms with van der Waals surface area (Å²) in [6.45, 7) is 4.54. The summed E-state index contributed by atoms with van der Waals surface area (Å²) in [7, 11) is 0. The Hall–Kier alpha value is -2.97. The maximum absolute atomic E-state index is 14.4. The minimum Gasteiger partial charge on any atom is -0.380 e. The first-order valence-corrected chi connectivity index (χ1v) is 9.24. The van der Waals surface area contributed by atoms with Crippen molar-refractivity contribution in [3.8, 4) is 0 Å². The van der Waals surface area contributed by atoms with Crippen LogP contribution in [0.2, 0.25) is 0 Å². The van der Waals surface area contributed by atoms with Crippen LogP contribution in [0.5, 0.6) is 0 Å². The van der Waals surface area contributed by atoms with Gasteiger partial charge in [0.15, 0.2) is 5.79 Å². The number of benzene rings is 2. The topological polar surface area (TPSA) is 71.6 Å². The molecule has 6 nitrogen and oxygen atoms in total. The van der Waals surface area contributed by atoms with Crippen molar-refractivity contribution in [1.29, 1.82) is 0 Å². The van der Waals surface area contributed by atoms with Crippen molar-refractivity contribution in [2.24, 2.45) is 0 Å². The van der Waals surface area contributed by atoms with E-state index in [0.717, 1.165) is 0 Å². The predicted octanol–water partition coefficient (Wildman–Crippen LogP) is 3.93. The smallest absolute Gasteiger partial charge is 0.257 e. The van der Waals surface area contributed by atoms with E-state index in [2.05, 4.69) is 16.0 Å². The molecule has 0 saturated carbocycles. The van der Waals surface area contributed by atoms with Gasteiger partial charge in [-0.1, -0.05) is 0 Å². The molecule has 0 bridgehead atoms. The van der Waals surface area contributed by atoms with E-state index in [4.69, 9.17) is 9.47 Å². The fraction of sp³-hybridized carbons (Fsp3) is 0.286. The summed E-state index contributed by atoms with van der Waals surface area (Å²) >= 11 is 0. The maximum Gasteiger partial charge on any atom is 0.257 e. The Kier molecular flexibility index (Phi) is 4.97. The zero-order valence-electron chi connectivity index (χ0n) is 16.0. The summed E-state index contributed by atoms with van der Waals surface area (Å²) in [5, 5.41) is 8.54. The van der Waals surface area contributed by atoms with E-state index in [1.165, 1.54) is 30.5 Å². The first-order valence-electron chi connectivity index (χ1n) is 9.24. The number of rotatable bonds is 5. The van der Waals surface area contributed by atoms with Gasteiger partial charge in [0.2, 0.25) is 0 Å². The molecule has 2 aliphatic rings. The van der Waals surface area contributed by atoms with E-state index in [-0.39, 0.29) is 12.0 Å². The van der Waals surface area contributed by atoms with Crippen LogP contribution in [0.3, 0.4) is 0 Å². The van der Waals surface area contributed by atoms with Gasteiger partial charge in [-0.2, -0.15) is 0 Å². The van der Waals surface area contributed by atoms with Crippen molar-refractivity contribution < 1.29 is 23.0 Å². The van der Waals surface area contributed by atoms with E-state index in [1.54, 1.807) is 12.1 Å². The van der Waals surface area contributed by atoms with Crippen LogP contribution in [0.1, 0.15) is 19.4 Å². The summed E-state index contributed by atoms with van der Waals surface area (Å²) in [6, 6.07) is 8.70. The second-order valence-corrected chi connectivity index (χ2v) is 7.37. The number of halogens is 2. The first-order chi connectivity index (χ1) is 13.8. The molecular formula is C21H21F2N3O3. The molecule has 1 saturated heterocycles. The summed E-state index contributed by atoms with van der Waals surface area (Å²) in [5.74, 6) is -1.84. The molecule has 2 aliphatic heterocycles. The molecule has 0 aromatic heterocycles. The van der Waals surface area contributed by atoms with E-state index in [0.29, 0.717) is 41.4 Å². The Bertz CT molecular complexity index is 991. The van der Waals surface area contributed by atoms with Crippen LogP contribution in [0.25, 0.3) is 5.57 Å². The lowest BCUT2D eigenvalue weighted by atomic mass is 10.1. The van der Waals surface area contributed by atoms with Gasteiger partial charge in [-0.25, -0.2) is 8.78 Å². The SMILES string of the molecule is CC1(C)OCC(CNc2ccc(NC=C3C(=O)Nc4cc(F)ccc43)cc2F)O1. The van der Waals surface area contributed by atoms with Crippen LogP contribution in [-0.4, -0.2) is 30.9 Å². The lowest BCUT2D eigenvalue weighted by molar-refractivity contribution is -0.136. The van der Waals surface area contributed by atoms with Crippen LogP contribution in [0.4, 0.5) is 25.8 Å². The quantitative estimate of drug-likeness (QED) is 0.662. The minimum atomic E-state index is -0.622. The van der Waals surface area contributed by atoms with Crippen LogP contribution in [0.15, 0.2) is 42.6 Å². The van der Waals surface area contributed by atoms with E-state index < -0.39 is 17.4 Å². The minimum absolute atomic E-state index is 0.155. The summed E-state index contributed by atoms with van der Waals surface area (Å²) in [6.07, 6.45) is 1.32. The number of hydrogen-bond donors (Lipinski definition) is 3. The standard InChI is InChI=1S/C21H21F2N3O3/c1-21(2)28-11-14(29-21)9-25-18-6-4-13(8-17(18)23)24-10-16-15-5-3-12(22)7-19(15)26-20(16)27/h3-8,10,14,24-25H,9,11H2,1-2H3,(H,26,27).